The van der Waals surface area contributed by atoms with Crippen LogP contribution >= 0.6 is 0 Å². The third-order valence-corrected chi connectivity index (χ3v) is 5.04. The van der Waals surface area contributed by atoms with E-state index in [1.165, 1.54) is 12.5 Å². The van der Waals surface area contributed by atoms with E-state index >= 15 is 0 Å². The fourth-order valence-electron chi connectivity index (χ4n) is 3.73. The minimum atomic E-state index is -0.437. The summed E-state index contributed by atoms with van der Waals surface area (Å²) in [6, 6.07) is 6.15. The van der Waals surface area contributed by atoms with Crippen LogP contribution in [0.4, 0.5) is 10.1 Å². The molecule has 0 spiro atoms. The molecule has 0 saturated carbocycles. The van der Waals surface area contributed by atoms with Crippen LogP contribution in [0.3, 0.4) is 0 Å². The molecule has 1 aromatic carbocycles. The van der Waals surface area contributed by atoms with Gasteiger partial charge in [0.05, 0.1) is 18.2 Å². The lowest BCUT2D eigenvalue weighted by molar-refractivity contribution is -0.138. The zero-order valence-corrected chi connectivity index (χ0v) is 14.5. The molecule has 6 heteroatoms. The Hall–Kier alpha value is -1.95. The molecule has 5 nitrogen and oxygen atoms in total. The summed E-state index contributed by atoms with van der Waals surface area (Å²) in [4.78, 5) is 28.9. The van der Waals surface area contributed by atoms with E-state index in [1.807, 2.05) is 9.80 Å². The van der Waals surface area contributed by atoms with Crippen LogP contribution in [0.15, 0.2) is 24.3 Å². The molecule has 2 aliphatic rings. The monoisotopic (exact) mass is 347 g/mol. The lowest BCUT2D eigenvalue weighted by Gasteiger charge is -2.36. The minimum Gasteiger partial charge on any atom is -0.342 e. The molecule has 0 aromatic heterocycles. The summed E-state index contributed by atoms with van der Waals surface area (Å²) < 4.78 is 13.6. The first kappa shape index (κ1) is 17.9. The summed E-state index contributed by atoms with van der Waals surface area (Å²) >= 11 is 0. The van der Waals surface area contributed by atoms with Gasteiger partial charge in [-0.05, 0) is 50.8 Å². The Morgan fingerprint density at radius 3 is 2.60 bits per heavy atom. The molecular weight excluding hydrogens is 321 g/mol. The molecule has 2 aliphatic heterocycles. The maximum absolute atomic E-state index is 13.6. The lowest BCUT2D eigenvalue weighted by atomic mass is 9.95. The van der Waals surface area contributed by atoms with Crippen LogP contribution in [0.1, 0.15) is 32.1 Å². The number of piperidine rings is 2. The van der Waals surface area contributed by atoms with Gasteiger partial charge in [0.1, 0.15) is 5.82 Å². The van der Waals surface area contributed by atoms with Crippen molar-refractivity contribution in [1.29, 1.82) is 0 Å². The highest BCUT2D eigenvalue weighted by Crippen LogP contribution is 2.21. The second kappa shape index (κ2) is 8.43. The minimum absolute atomic E-state index is 0.0203. The van der Waals surface area contributed by atoms with Gasteiger partial charge in [0.15, 0.2) is 0 Å². The highest BCUT2D eigenvalue weighted by molar-refractivity contribution is 5.92. The van der Waals surface area contributed by atoms with E-state index < -0.39 is 5.82 Å². The van der Waals surface area contributed by atoms with E-state index in [2.05, 4.69) is 5.32 Å². The van der Waals surface area contributed by atoms with Crippen LogP contribution < -0.4 is 5.32 Å². The van der Waals surface area contributed by atoms with Gasteiger partial charge in [0.25, 0.3) is 0 Å². The second-order valence-corrected chi connectivity index (χ2v) is 6.99. The summed E-state index contributed by atoms with van der Waals surface area (Å²) in [5.74, 6) is -0.462. The van der Waals surface area contributed by atoms with Crippen molar-refractivity contribution in [2.45, 2.75) is 32.1 Å². The van der Waals surface area contributed by atoms with Gasteiger partial charge < -0.3 is 10.2 Å². The van der Waals surface area contributed by atoms with E-state index in [0.29, 0.717) is 6.54 Å². The third kappa shape index (κ3) is 4.78. The normalized spacial score (nSPS) is 21.8. The highest BCUT2D eigenvalue weighted by atomic mass is 19.1. The molecule has 1 unspecified atom stereocenters. The van der Waals surface area contributed by atoms with Gasteiger partial charge in [-0.25, -0.2) is 4.39 Å². The Labute approximate surface area is 148 Å². The molecule has 1 atom stereocenters. The van der Waals surface area contributed by atoms with Gasteiger partial charge in [-0.2, -0.15) is 0 Å². The zero-order chi connectivity index (χ0) is 17.6. The van der Waals surface area contributed by atoms with Crippen molar-refractivity contribution in [3.05, 3.63) is 30.1 Å². The maximum atomic E-state index is 13.6. The van der Waals surface area contributed by atoms with Crippen molar-refractivity contribution in [3.8, 4) is 0 Å². The molecule has 0 bridgehead atoms. The molecule has 136 valence electrons. The molecule has 1 N–H and O–H groups in total. The van der Waals surface area contributed by atoms with Gasteiger partial charge in [-0.15, -0.1) is 0 Å². The van der Waals surface area contributed by atoms with Crippen molar-refractivity contribution in [1.82, 2.24) is 9.80 Å². The van der Waals surface area contributed by atoms with Gasteiger partial charge in [-0.3, -0.25) is 14.5 Å². The zero-order valence-electron chi connectivity index (χ0n) is 14.5. The number of hydrogen-bond donors (Lipinski definition) is 1. The summed E-state index contributed by atoms with van der Waals surface area (Å²) in [5, 5.41) is 2.61. The number of likely N-dealkylation sites (tertiary alicyclic amines) is 2. The summed E-state index contributed by atoms with van der Waals surface area (Å²) in [6.45, 7) is 3.33. The second-order valence-electron chi connectivity index (χ2n) is 6.99. The number of carbonyl (C=O) groups is 2. The van der Waals surface area contributed by atoms with Crippen molar-refractivity contribution in [2.24, 2.45) is 5.92 Å². The first-order valence-corrected chi connectivity index (χ1v) is 9.19. The third-order valence-electron chi connectivity index (χ3n) is 5.04. The summed E-state index contributed by atoms with van der Waals surface area (Å²) in [7, 11) is 0. The van der Waals surface area contributed by atoms with Gasteiger partial charge >= 0.3 is 0 Å². The number of hydrogen-bond acceptors (Lipinski definition) is 3. The van der Waals surface area contributed by atoms with Crippen LogP contribution in [-0.4, -0.2) is 54.3 Å². The highest BCUT2D eigenvalue weighted by Gasteiger charge is 2.30. The summed E-state index contributed by atoms with van der Waals surface area (Å²) in [6.07, 6.45) is 5.19. The number of nitrogens with one attached hydrogen (secondary N) is 1. The van der Waals surface area contributed by atoms with Crippen LogP contribution in [0.25, 0.3) is 0 Å². The van der Waals surface area contributed by atoms with Crippen LogP contribution in [0.5, 0.6) is 0 Å². The number of anilines is 1. The van der Waals surface area contributed by atoms with E-state index in [4.69, 9.17) is 0 Å². The molecule has 0 aliphatic carbocycles. The van der Waals surface area contributed by atoms with Crippen molar-refractivity contribution in [2.75, 3.05) is 38.0 Å². The van der Waals surface area contributed by atoms with Crippen molar-refractivity contribution >= 4 is 17.5 Å². The standard InChI is InChI=1S/C19H26FN3O2/c20-16-8-2-3-9-17(16)21-18(24)14-22-10-6-7-15(13-22)19(25)23-11-4-1-5-12-23/h2-3,8-9,15H,1,4-7,10-14H2,(H,21,24). The molecule has 2 heterocycles. The number of halogens is 1. The number of rotatable bonds is 4. The fraction of sp³-hybridized carbons (Fsp3) is 0.579. The van der Waals surface area contributed by atoms with Crippen molar-refractivity contribution in [3.63, 3.8) is 0 Å². The first-order chi connectivity index (χ1) is 12.1. The number of nitrogens with zero attached hydrogens (tertiary/aromatic N) is 2. The van der Waals surface area contributed by atoms with Gasteiger partial charge in [0, 0.05) is 19.6 Å². The Balaban J connectivity index is 1.51. The van der Waals surface area contributed by atoms with Crippen molar-refractivity contribution < 1.29 is 14.0 Å². The molecule has 2 saturated heterocycles. The molecule has 3 rings (SSSR count). The largest absolute Gasteiger partial charge is 0.342 e. The predicted molar refractivity (Wildman–Crippen MR) is 94.6 cm³/mol. The van der Waals surface area contributed by atoms with E-state index in [9.17, 15) is 14.0 Å². The van der Waals surface area contributed by atoms with E-state index in [-0.39, 0.29) is 30.0 Å². The average molecular weight is 347 g/mol. The topological polar surface area (TPSA) is 52.7 Å². The quantitative estimate of drug-likeness (QED) is 0.910. The molecule has 2 amide bonds. The first-order valence-electron chi connectivity index (χ1n) is 9.19. The number of amides is 2. The smallest absolute Gasteiger partial charge is 0.238 e. The van der Waals surface area contributed by atoms with Crippen LogP contribution in [0, 0.1) is 11.7 Å². The number of para-hydroxylation sites is 1. The van der Waals surface area contributed by atoms with Crippen LogP contribution in [-0.2, 0) is 9.59 Å². The van der Waals surface area contributed by atoms with Gasteiger partial charge in [-0.1, -0.05) is 12.1 Å². The van der Waals surface area contributed by atoms with Crippen LogP contribution in [0.2, 0.25) is 0 Å². The molecule has 25 heavy (non-hydrogen) atoms. The average Bonchev–Trinajstić information content (AvgIpc) is 2.64. The van der Waals surface area contributed by atoms with E-state index in [0.717, 1.165) is 45.3 Å². The number of benzene rings is 1. The van der Waals surface area contributed by atoms with Gasteiger partial charge in [0.2, 0.25) is 11.8 Å². The maximum Gasteiger partial charge on any atom is 0.238 e. The molecule has 2 fully saturated rings. The van der Waals surface area contributed by atoms with E-state index in [1.54, 1.807) is 18.2 Å². The predicted octanol–water partition coefficient (Wildman–Crippen LogP) is 2.49. The molecular formula is C19H26FN3O2. The Bertz CT molecular complexity index is 616. The molecule has 1 aromatic rings. The Morgan fingerprint density at radius 2 is 1.84 bits per heavy atom. The SMILES string of the molecule is O=C(CN1CCCC(C(=O)N2CCCCC2)C1)Nc1ccccc1F. The fourth-order valence-corrected chi connectivity index (χ4v) is 3.73. The summed E-state index contributed by atoms with van der Waals surface area (Å²) in [5.41, 5.74) is 0.199. The number of carbonyl (C=O) groups excluding carboxylic acids is 2. The lowest BCUT2D eigenvalue weighted by Crippen LogP contribution is -2.47. The Morgan fingerprint density at radius 1 is 1.08 bits per heavy atom. The molecule has 0 radical (unpaired) electrons. The Kier molecular flexibility index (Phi) is 6.02.